The van der Waals surface area contributed by atoms with Gasteiger partial charge in [-0.25, -0.2) is 0 Å². The molecular formula is C12H26N2O3. The van der Waals surface area contributed by atoms with E-state index >= 15 is 0 Å². The molecular weight excluding hydrogens is 220 g/mol. The first-order chi connectivity index (χ1) is 8.24. The highest BCUT2D eigenvalue weighted by Gasteiger charge is 2.26. The molecule has 0 bridgehead atoms. The lowest BCUT2D eigenvalue weighted by Gasteiger charge is -2.38. The van der Waals surface area contributed by atoms with Crippen molar-refractivity contribution in [2.45, 2.75) is 38.2 Å². The van der Waals surface area contributed by atoms with E-state index in [2.05, 4.69) is 11.8 Å². The second kappa shape index (κ2) is 8.00. The summed E-state index contributed by atoms with van der Waals surface area (Å²) in [6.07, 6.45) is 2.01. The predicted octanol–water partition coefficient (Wildman–Crippen LogP) is 0.434. The molecule has 0 spiro atoms. The number of hydrogen-bond donors (Lipinski definition) is 1. The molecule has 2 unspecified atom stereocenters. The van der Waals surface area contributed by atoms with Crippen LogP contribution in [0.5, 0.6) is 0 Å². The van der Waals surface area contributed by atoms with Crippen molar-refractivity contribution in [2.75, 3.05) is 40.5 Å². The van der Waals surface area contributed by atoms with Crippen molar-refractivity contribution >= 4 is 0 Å². The first-order valence-corrected chi connectivity index (χ1v) is 6.36. The highest BCUT2D eigenvalue weighted by atomic mass is 16.7. The van der Waals surface area contributed by atoms with Gasteiger partial charge in [0.2, 0.25) is 0 Å². The Hall–Kier alpha value is -0.200. The third kappa shape index (κ3) is 4.52. The molecule has 5 nitrogen and oxygen atoms in total. The minimum Gasteiger partial charge on any atom is -0.376 e. The van der Waals surface area contributed by atoms with E-state index in [1.807, 2.05) is 0 Å². The monoisotopic (exact) mass is 246 g/mol. The van der Waals surface area contributed by atoms with Crippen molar-refractivity contribution in [3.63, 3.8) is 0 Å². The van der Waals surface area contributed by atoms with E-state index in [1.54, 1.807) is 14.2 Å². The van der Waals surface area contributed by atoms with Gasteiger partial charge in [-0.1, -0.05) is 6.92 Å². The zero-order chi connectivity index (χ0) is 12.7. The van der Waals surface area contributed by atoms with E-state index in [9.17, 15) is 0 Å². The van der Waals surface area contributed by atoms with Crippen LogP contribution >= 0.6 is 0 Å². The van der Waals surface area contributed by atoms with Crippen LogP contribution in [0.25, 0.3) is 0 Å². The van der Waals surface area contributed by atoms with Gasteiger partial charge in [0.15, 0.2) is 6.29 Å². The molecule has 17 heavy (non-hydrogen) atoms. The Bertz CT molecular complexity index is 200. The number of nitrogens with two attached hydrogens (primary N) is 1. The summed E-state index contributed by atoms with van der Waals surface area (Å²) in [5.74, 6) is 0. The standard InChI is InChI=1S/C12H26N2O3/c1-4-11-9-14(5-6-17-11)10(8-13)7-12(15-2)16-3/h10-12H,4-9,13H2,1-3H3. The van der Waals surface area contributed by atoms with Crippen LogP contribution in [0.15, 0.2) is 0 Å². The molecule has 0 radical (unpaired) electrons. The second-order valence-corrected chi connectivity index (χ2v) is 4.42. The Morgan fingerprint density at radius 1 is 1.41 bits per heavy atom. The number of methoxy groups -OCH3 is 2. The van der Waals surface area contributed by atoms with Gasteiger partial charge in [0.05, 0.1) is 12.7 Å². The number of nitrogens with zero attached hydrogens (tertiary/aromatic N) is 1. The topological polar surface area (TPSA) is 57.0 Å². The smallest absolute Gasteiger partial charge is 0.158 e. The van der Waals surface area contributed by atoms with Crippen molar-refractivity contribution in [3.8, 4) is 0 Å². The fourth-order valence-electron chi connectivity index (χ4n) is 2.23. The van der Waals surface area contributed by atoms with Crippen LogP contribution in [-0.4, -0.2) is 63.8 Å². The van der Waals surface area contributed by atoms with Gasteiger partial charge in [-0.15, -0.1) is 0 Å². The molecule has 0 aromatic heterocycles. The number of morpholine rings is 1. The average molecular weight is 246 g/mol. The maximum absolute atomic E-state index is 5.85. The first kappa shape index (κ1) is 14.9. The summed E-state index contributed by atoms with van der Waals surface area (Å²) < 4.78 is 16.1. The third-order valence-electron chi connectivity index (χ3n) is 3.40. The third-order valence-corrected chi connectivity index (χ3v) is 3.40. The first-order valence-electron chi connectivity index (χ1n) is 6.36. The van der Waals surface area contributed by atoms with E-state index in [1.165, 1.54) is 0 Å². The summed E-state index contributed by atoms with van der Waals surface area (Å²) in [6.45, 7) is 5.47. The molecule has 0 aromatic carbocycles. The Kier molecular flexibility index (Phi) is 6.99. The molecule has 1 rings (SSSR count). The van der Waals surface area contributed by atoms with Gasteiger partial charge in [0.25, 0.3) is 0 Å². The molecule has 1 saturated heterocycles. The minimum absolute atomic E-state index is 0.175. The van der Waals surface area contributed by atoms with Crippen LogP contribution in [0, 0.1) is 0 Å². The maximum Gasteiger partial charge on any atom is 0.158 e. The SMILES string of the molecule is CCC1CN(C(CN)CC(OC)OC)CCO1. The van der Waals surface area contributed by atoms with Crippen molar-refractivity contribution in [1.82, 2.24) is 4.90 Å². The Morgan fingerprint density at radius 3 is 2.65 bits per heavy atom. The molecule has 0 amide bonds. The van der Waals surface area contributed by atoms with Crippen molar-refractivity contribution in [2.24, 2.45) is 5.73 Å². The highest BCUT2D eigenvalue weighted by Crippen LogP contribution is 2.15. The van der Waals surface area contributed by atoms with Gasteiger partial charge in [0.1, 0.15) is 0 Å². The van der Waals surface area contributed by atoms with Gasteiger partial charge < -0.3 is 19.9 Å². The van der Waals surface area contributed by atoms with Crippen LogP contribution in [-0.2, 0) is 14.2 Å². The average Bonchev–Trinajstić information content (AvgIpc) is 2.40. The largest absolute Gasteiger partial charge is 0.376 e. The minimum atomic E-state index is -0.175. The van der Waals surface area contributed by atoms with E-state index < -0.39 is 0 Å². The molecule has 1 heterocycles. The van der Waals surface area contributed by atoms with Crippen LogP contribution in [0.3, 0.4) is 0 Å². The summed E-state index contributed by atoms with van der Waals surface area (Å²) in [6, 6.07) is 0.304. The fourth-order valence-corrected chi connectivity index (χ4v) is 2.23. The lowest BCUT2D eigenvalue weighted by atomic mass is 10.1. The molecule has 0 aliphatic carbocycles. The normalized spacial score (nSPS) is 24.2. The van der Waals surface area contributed by atoms with E-state index in [0.29, 0.717) is 18.7 Å². The summed E-state index contributed by atoms with van der Waals surface area (Å²) >= 11 is 0. The second-order valence-electron chi connectivity index (χ2n) is 4.42. The van der Waals surface area contributed by atoms with Crippen molar-refractivity contribution < 1.29 is 14.2 Å². The molecule has 0 aromatic rings. The van der Waals surface area contributed by atoms with Gasteiger partial charge in [-0.2, -0.15) is 0 Å². The number of rotatable bonds is 7. The lowest BCUT2D eigenvalue weighted by molar-refractivity contribution is -0.124. The van der Waals surface area contributed by atoms with Crippen LogP contribution < -0.4 is 5.73 Å². The summed E-state index contributed by atoms with van der Waals surface area (Å²) in [5, 5.41) is 0. The van der Waals surface area contributed by atoms with Crippen molar-refractivity contribution in [1.29, 1.82) is 0 Å². The summed E-state index contributed by atoms with van der Waals surface area (Å²) in [4.78, 5) is 2.39. The zero-order valence-electron chi connectivity index (χ0n) is 11.2. The Balaban J connectivity index is 2.48. The molecule has 5 heteroatoms. The molecule has 2 atom stereocenters. The predicted molar refractivity (Wildman–Crippen MR) is 66.9 cm³/mol. The van der Waals surface area contributed by atoms with Crippen LogP contribution in [0.1, 0.15) is 19.8 Å². The maximum atomic E-state index is 5.85. The van der Waals surface area contributed by atoms with Gasteiger partial charge >= 0.3 is 0 Å². The fraction of sp³-hybridized carbons (Fsp3) is 1.00. The molecule has 1 aliphatic heterocycles. The summed E-state index contributed by atoms with van der Waals surface area (Å²) in [7, 11) is 3.33. The lowest BCUT2D eigenvalue weighted by Crippen LogP contribution is -2.51. The summed E-state index contributed by atoms with van der Waals surface area (Å²) in [5.41, 5.74) is 5.85. The Labute approximate surface area is 104 Å². The quantitative estimate of drug-likeness (QED) is 0.660. The zero-order valence-corrected chi connectivity index (χ0v) is 11.2. The van der Waals surface area contributed by atoms with Crippen molar-refractivity contribution in [3.05, 3.63) is 0 Å². The van der Waals surface area contributed by atoms with Gasteiger partial charge in [-0.3, -0.25) is 4.90 Å². The number of ether oxygens (including phenoxy) is 3. The van der Waals surface area contributed by atoms with E-state index in [4.69, 9.17) is 19.9 Å². The molecule has 2 N–H and O–H groups in total. The van der Waals surface area contributed by atoms with Gasteiger partial charge in [0, 0.05) is 46.3 Å². The van der Waals surface area contributed by atoms with E-state index in [-0.39, 0.29) is 6.29 Å². The molecule has 102 valence electrons. The molecule has 1 fully saturated rings. The van der Waals surface area contributed by atoms with Gasteiger partial charge in [-0.05, 0) is 6.42 Å². The van der Waals surface area contributed by atoms with Crippen LogP contribution in [0.4, 0.5) is 0 Å². The van der Waals surface area contributed by atoms with Crippen LogP contribution in [0.2, 0.25) is 0 Å². The highest BCUT2D eigenvalue weighted by molar-refractivity contribution is 4.79. The molecule has 1 aliphatic rings. The van der Waals surface area contributed by atoms with E-state index in [0.717, 1.165) is 32.5 Å². The number of hydrogen-bond acceptors (Lipinski definition) is 5. The Morgan fingerprint density at radius 2 is 2.12 bits per heavy atom. The molecule has 0 saturated carbocycles.